The van der Waals surface area contributed by atoms with Crippen molar-refractivity contribution in [2.45, 2.75) is 6.92 Å². The second-order valence-electron chi connectivity index (χ2n) is 4.64. The quantitative estimate of drug-likeness (QED) is 0.695. The second-order valence-corrected chi connectivity index (χ2v) is 4.64. The van der Waals surface area contributed by atoms with Gasteiger partial charge in [-0.2, -0.15) is 5.26 Å². The number of pyridine rings is 1. The molecular weight excluding hydrogens is 278 g/mol. The van der Waals surface area contributed by atoms with Crippen LogP contribution in [0.4, 0.5) is 0 Å². The van der Waals surface area contributed by atoms with Crippen molar-refractivity contribution >= 4 is 16.9 Å². The van der Waals surface area contributed by atoms with Gasteiger partial charge in [-0.05, 0) is 25.1 Å². The highest BCUT2D eigenvalue weighted by molar-refractivity contribution is 5.95. The Morgan fingerprint density at radius 3 is 2.91 bits per heavy atom. The lowest BCUT2D eigenvalue weighted by Crippen LogP contribution is -2.10. The van der Waals surface area contributed by atoms with Crippen LogP contribution in [0.25, 0.3) is 16.7 Å². The summed E-state index contributed by atoms with van der Waals surface area (Å²) in [5, 5.41) is 10.1. The minimum absolute atomic E-state index is 0.295. The molecule has 0 radical (unpaired) electrons. The number of fused-ring (bicyclic) bond motifs is 1. The molecule has 0 aliphatic heterocycles. The molecule has 0 atom stereocenters. The van der Waals surface area contributed by atoms with E-state index in [-0.39, 0.29) is 0 Å². The van der Waals surface area contributed by atoms with Crippen molar-refractivity contribution in [2.24, 2.45) is 0 Å². The highest BCUT2D eigenvalue weighted by atomic mass is 16.5. The average molecular weight is 291 g/mol. The van der Waals surface area contributed by atoms with Crippen molar-refractivity contribution in [3.05, 3.63) is 59.9 Å². The molecule has 5 nitrogen and oxygen atoms in total. The van der Waals surface area contributed by atoms with Crippen molar-refractivity contribution in [3.63, 3.8) is 0 Å². The van der Waals surface area contributed by atoms with Crippen LogP contribution < -0.4 is 0 Å². The van der Waals surface area contributed by atoms with Crippen LogP contribution in [0.3, 0.4) is 0 Å². The van der Waals surface area contributed by atoms with Crippen LogP contribution in [0.2, 0.25) is 0 Å². The van der Waals surface area contributed by atoms with E-state index >= 15 is 0 Å². The lowest BCUT2D eigenvalue weighted by molar-refractivity contribution is 0.0526. The molecule has 0 saturated heterocycles. The van der Waals surface area contributed by atoms with Gasteiger partial charge in [0, 0.05) is 17.8 Å². The van der Waals surface area contributed by atoms with Gasteiger partial charge in [-0.3, -0.25) is 4.57 Å². The van der Waals surface area contributed by atoms with Crippen LogP contribution in [-0.2, 0) is 4.74 Å². The van der Waals surface area contributed by atoms with Gasteiger partial charge >= 0.3 is 5.97 Å². The second kappa shape index (κ2) is 5.70. The van der Waals surface area contributed by atoms with E-state index in [1.54, 1.807) is 36.0 Å². The van der Waals surface area contributed by atoms with Crippen LogP contribution in [0.5, 0.6) is 0 Å². The van der Waals surface area contributed by atoms with Crippen LogP contribution in [0.15, 0.2) is 48.8 Å². The van der Waals surface area contributed by atoms with Gasteiger partial charge in [0.1, 0.15) is 11.6 Å². The third-order valence-corrected chi connectivity index (χ3v) is 3.34. The fraction of sp³-hybridized carbons (Fsp3) is 0.118. The SMILES string of the molecule is CCOC(=O)c1cccnc1-n1cc(C#N)c2ccccc21. The maximum Gasteiger partial charge on any atom is 0.341 e. The number of hydrogen-bond donors (Lipinski definition) is 0. The Morgan fingerprint density at radius 1 is 1.32 bits per heavy atom. The van der Waals surface area contributed by atoms with Gasteiger partial charge in [-0.15, -0.1) is 0 Å². The molecule has 0 aliphatic rings. The number of nitriles is 1. The Labute approximate surface area is 127 Å². The van der Waals surface area contributed by atoms with Gasteiger partial charge in [0.25, 0.3) is 0 Å². The zero-order chi connectivity index (χ0) is 15.5. The molecule has 1 aromatic carbocycles. The smallest absolute Gasteiger partial charge is 0.341 e. The van der Waals surface area contributed by atoms with Crippen LogP contribution in [0, 0.1) is 11.3 Å². The number of para-hydroxylation sites is 1. The first kappa shape index (κ1) is 13.8. The monoisotopic (exact) mass is 291 g/mol. The first-order valence-electron chi connectivity index (χ1n) is 6.89. The van der Waals surface area contributed by atoms with Crippen LogP contribution >= 0.6 is 0 Å². The number of ether oxygens (including phenoxy) is 1. The number of benzene rings is 1. The van der Waals surface area contributed by atoms with Gasteiger partial charge < -0.3 is 4.74 Å². The first-order valence-corrected chi connectivity index (χ1v) is 6.89. The zero-order valence-corrected chi connectivity index (χ0v) is 12.0. The Bertz CT molecular complexity index is 890. The number of rotatable bonds is 3. The molecule has 0 saturated carbocycles. The Morgan fingerprint density at radius 2 is 2.14 bits per heavy atom. The Balaban J connectivity index is 2.25. The molecule has 2 aromatic heterocycles. The number of esters is 1. The van der Waals surface area contributed by atoms with E-state index in [0.717, 1.165) is 10.9 Å². The fourth-order valence-corrected chi connectivity index (χ4v) is 2.40. The van der Waals surface area contributed by atoms with E-state index in [4.69, 9.17) is 4.74 Å². The van der Waals surface area contributed by atoms with Crippen molar-refractivity contribution in [1.82, 2.24) is 9.55 Å². The van der Waals surface area contributed by atoms with Gasteiger partial charge in [0.2, 0.25) is 0 Å². The van der Waals surface area contributed by atoms with Gasteiger partial charge in [0.05, 0.1) is 17.7 Å². The zero-order valence-electron chi connectivity index (χ0n) is 12.0. The summed E-state index contributed by atoms with van der Waals surface area (Å²) in [6.45, 7) is 2.05. The van der Waals surface area contributed by atoms with E-state index in [1.807, 2.05) is 24.3 Å². The van der Waals surface area contributed by atoms with Crippen molar-refractivity contribution < 1.29 is 9.53 Å². The molecule has 0 N–H and O–H groups in total. The molecule has 0 spiro atoms. The summed E-state index contributed by atoms with van der Waals surface area (Å²) in [5.41, 5.74) is 1.73. The lowest BCUT2D eigenvalue weighted by atomic mass is 10.2. The largest absolute Gasteiger partial charge is 0.462 e. The molecule has 5 heteroatoms. The molecule has 0 amide bonds. The summed E-state index contributed by atoms with van der Waals surface area (Å²) >= 11 is 0. The van der Waals surface area contributed by atoms with Crippen molar-refractivity contribution in [3.8, 4) is 11.9 Å². The Hall–Kier alpha value is -3.13. The van der Waals surface area contributed by atoms with Crippen LogP contribution in [-0.4, -0.2) is 22.1 Å². The number of aromatic nitrogens is 2. The minimum atomic E-state index is -0.429. The third-order valence-electron chi connectivity index (χ3n) is 3.34. The van der Waals surface area contributed by atoms with Gasteiger partial charge in [-0.25, -0.2) is 9.78 Å². The molecule has 3 aromatic rings. The molecule has 2 heterocycles. The predicted molar refractivity (Wildman–Crippen MR) is 81.7 cm³/mol. The summed E-state index contributed by atoms with van der Waals surface area (Å²) in [6, 6.07) is 13.0. The van der Waals surface area contributed by atoms with Crippen molar-refractivity contribution in [1.29, 1.82) is 5.26 Å². The number of carbonyl (C=O) groups is 1. The summed E-state index contributed by atoms with van der Waals surface area (Å²) in [6.07, 6.45) is 3.30. The normalized spacial score (nSPS) is 10.4. The van der Waals surface area contributed by atoms with Crippen molar-refractivity contribution in [2.75, 3.05) is 6.61 Å². The standard InChI is InChI=1S/C17H13N3O2/c1-2-22-17(21)14-7-5-9-19-16(14)20-11-12(10-18)13-6-3-4-8-15(13)20/h3-9,11H,2H2,1H3. The summed E-state index contributed by atoms with van der Waals surface area (Å²) in [7, 11) is 0. The number of nitrogens with zero attached hydrogens (tertiary/aromatic N) is 3. The predicted octanol–water partition coefficient (Wildman–Crippen LogP) is 3.07. The molecule has 0 aliphatic carbocycles. The maximum absolute atomic E-state index is 12.1. The molecule has 0 bridgehead atoms. The first-order chi connectivity index (χ1) is 10.8. The molecule has 108 valence electrons. The van der Waals surface area contributed by atoms with E-state index in [2.05, 4.69) is 11.1 Å². The topological polar surface area (TPSA) is 67.9 Å². The number of hydrogen-bond acceptors (Lipinski definition) is 4. The molecule has 0 fully saturated rings. The summed E-state index contributed by atoms with van der Waals surface area (Å²) in [5.74, 6) is 0.0283. The molecule has 0 unspecified atom stereocenters. The molecular formula is C17H13N3O2. The molecule has 22 heavy (non-hydrogen) atoms. The summed E-state index contributed by atoms with van der Waals surface area (Å²) < 4.78 is 6.83. The third kappa shape index (κ3) is 2.21. The van der Waals surface area contributed by atoms with E-state index in [9.17, 15) is 10.1 Å². The minimum Gasteiger partial charge on any atom is -0.462 e. The van der Waals surface area contributed by atoms with Gasteiger partial charge in [-0.1, -0.05) is 18.2 Å². The maximum atomic E-state index is 12.1. The highest BCUT2D eigenvalue weighted by Crippen LogP contribution is 2.25. The highest BCUT2D eigenvalue weighted by Gasteiger charge is 2.17. The van der Waals surface area contributed by atoms with E-state index in [0.29, 0.717) is 23.6 Å². The summed E-state index contributed by atoms with van der Waals surface area (Å²) in [4.78, 5) is 16.4. The lowest BCUT2D eigenvalue weighted by Gasteiger charge is -2.09. The van der Waals surface area contributed by atoms with Gasteiger partial charge in [0.15, 0.2) is 5.82 Å². The fourth-order valence-electron chi connectivity index (χ4n) is 2.40. The Kier molecular flexibility index (Phi) is 3.58. The molecule has 3 rings (SSSR count). The number of carbonyl (C=O) groups excluding carboxylic acids is 1. The van der Waals surface area contributed by atoms with E-state index in [1.165, 1.54) is 0 Å². The van der Waals surface area contributed by atoms with Crippen LogP contribution in [0.1, 0.15) is 22.8 Å². The van der Waals surface area contributed by atoms with E-state index < -0.39 is 5.97 Å². The average Bonchev–Trinajstić information content (AvgIpc) is 2.94.